The van der Waals surface area contributed by atoms with Gasteiger partial charge in [0.15, 0.2) is 0 Å². The molecule has 1 N–H and O–H groups in total. The van der Waals surface area contributed by atoms with Gasteiger partial charge in [0.25, 0.3) is 11.8 Å². The zero-order valence-electron chi connectivity index (χ0n) is 19.4. The number of piperazine rings is 1. The van der Waals surface area contributed by atoms with Gasteiger partial charge in [-0.15, -0.1) is 0 Å². The molecule has 1 fully saturated rings. The van der Waals surface area contributed by atoms with Crippen molar-refractivity contribution in [2.75, 3.05) is 26.2 Å². The standard InChI is InChI=1S/C25H28F3N3O3/c1-16(2)21(29-22(32)18-10-8-17(3)9-11-18)24(34)31-14-12-30(13-15-31)23(33)19-6-4-5-7-20(19)25(26,27)28/h4-11,16,21H,12-15H2,1-3H3,(H,29,32). The molecule has 0 bridgehead atoms. The fraction of sp³-hybridized carbons (Fsp3) is 0.400. The van der Waals surface area contributed by atoms with Gasteiger partial charge in [-0.05, 0) is 37.1 Å². The van der Waals surface area contributed by atoms with Gasteiger partial charge >= 0.3 is 6.18 Å². The number of aryl methyl sites for hydroxylation is 1. The van der Waals surface area contributed by atoms with E-state index in [9.17, 15) is 27.6 Å². The number of nitrogens with zero attached hydrogens (tertiary/aromatic N) is 2. The molecule has 3 rings (SSSR count). The monoisotopic (exact) mass is 475 g/mol. The molecule has 1 unspecified atom stereocenters. The first-order valence-electron chi connectivity index (χ1n) is 11.1. The van der Waals surface area contributed by atoms with Gasteiger partial charge in [-0.25, -0.2) is 0 Å². The summed E-state index contributed by atoms with van der Waals surface area (Å²) in [6.07, 6.45) is -4.63. The predicted molar refractivity (Wildman–Crippen MR) is 121 cm³/mol. The highest BCUT2D eigenvalue weighted by atomic mass is 19.4. The quantitative estimate of drug-likeness (QED) is 0.716. The van der Waals surface area contributed by atoms with Crippen molar-refractivity contribution in [3.8, 4) is 0 Å². The van der Waals surface area contributed by atoms with Crippen LogP contribution in [0.1, 0.15) is 45.7 Å². The third-order valence-electron chi connectivity index (χ3n) is 5.87. The fourth-order valence-electron chi connectivity index (χ4n) is 3.86. The first kappa shape index (κ1) is 25.3. The van der Waals surface area contributed by atoms with Crippen molar-refractivity contribution in [1.82, 2.24) is 15.1 Å². The van der Waals surface area contributed by atoms with E-state index >= 15 is 0 Å². The molecule has 2 aromatic carbocycles. The van der Waals surface area contributed by atoms with Crippen LogP contribution in [-0.4, -0.2) is 59.7 Å². The molecule has 182 valence electrons. The molecule has 0 spiro atoms. The van der Waals surface area contributed by atoms with Gasteiger partial charge in [0.05, 0.1) is 11.1 Å². The lowest BCUT2D eigenvalue weighted by Gasteiger charge is -2.37. The Morgan fingerprint density at radius 3 is 2.00 bits per heavy atom. The van der Waals surface area contributed by atoms with Gasteiger partial charge in [0.2, 0.25) is 5.91 Å². The second-order valence-electron chi connectivity index (χ2n) is 8.72. The molecule has 0 aliphatic carbocycles. The zero-order chi connectivity index (χ0) is 25.0. The smallest absolute Gasteiger partial charge is 0.340 e. The maximum Gasteiger partial charge on any atom is 0.417 e. The Morgan fingerprint density at radius 1 is 0.882 bits per heavy atom. The Balaban J connectivity index is 1.65. The normalized spacial score (nSPS) is 15.3. The summed E-state index contributed by atoms with van der Waals surface area (Å²) in [6.45, 7) is 6.11. The van der Waals surface area contributed by atoms with Crippen molar-refractivity contribution >= 4 is 17.7 Å². The van der Waals surface area contributed by atoms with Crippen molar-refractivity contribution in [3.63, 3.8) is 0 Å². The third kappa shape index (κ3) is 5.76. The summed E-state index contributed by atoms with van der Waals surface area (Å²) in [5.74, 6) is -1.53. The summed E-state index contributed by atoms with van der Waals surface area (Å²) >= 11 is 0. The third-order valence-corrected chi connectivity index (χ3v) is 5.87. The Morgan fingerprint density at radius 2 is 1.44 bits per heavy atom. The highest BCUT2D eigenvalue weighted by Crippen LogP contribution is 2.32. The van der Waals surface area contributed by atoms with Crippen LogP contribution in [0, 0.1) is 12.8 Å². The van der Waals surface area contributed by atoms with E-state index < -0.39 is 29.3 Å². The van der Waals surface area contributed by atoms with Crippen molar-refractivity contribution in [3.05, 3.63) is 70.8 Å². The number of amides is 3. The lowest BCUT2D eigenvalue weighted by molar-refractivity contribution is -0.138. The summed E-state index contributed by atoms with van der Waals surface area (Å²) in [5, 5.41) is 2.80. The molecule has 1 aliphatic heterocycles. The minimum absolute atomic E-state index is 0.105. The zero-order valence-corrected chi connectivity index (χ0v) is 19.4. The minimum atomic E-state index is -4.63. The van der Waals surface area contributed by atoms with E-state index in [4.69, 9.17) is 0 Å². The second-order valence-corrected chi connectivity index (χ2v) is 8.72. The molecule has 0 saturated carbocycles. The van der Waals surface area contributed by atoms with E-state index in [0.29, 0.717) is 5.56 Å². The van der Waals surface area contributed by atoms with Gasteiger partial charge in [0, 0.05) is 31.7 Å². The molecule has 34 heavy (non-hydrogen) atoms. The largest absolute Gasteiger partial charge is 0.417 e. The Hall–Kier alpha value is -3.36. The number of carbonyl (C=O) groups is 3. The van der Waals surface area contributed by atoms with Crippen molar-refractivity contribution in [2.45, 2.75) is 33.0 Å². The molecule has 2 aromatic rings. The van der Waals surface area contributed by atoms with Gasteiger partial charge in [-0.3, -0.25) is 14.4 Å². The van der Waals surface area contributed by atoms with Crippen LogP contribution in [-0.2, 0) is 11.0 Å². The molecule has 1 heterocycles. The Kier molecular flexibility index (Phi) is 7.64. The lowest BCUT2D eigenvalue weighted by Crippen LogP contribution is -2.57. The van der Waals surface area contributed by atoms with E-state index in [1.165, 1.54) is 17.0 Å². The molecule has 0 aromatic heterocycles. The van der Waals surface area contributed by atoms with Crippen LogP contribution in [0.5, 0.6) is 0 Å². The Bertz CT molecular complexity index is 1040. The first-order valence-corrected chi connectivity index (χ1v) is 11.1. The SMILES string of the molecule is Cc1ccc(C(=O)NC(C(=O)N2CCN(C(=O)c3ccccc3C(F)(F)F)CC2)C(C)C)cc1. The van der Waals surface area contributed by atoms with Crippen LogP contribution >= 0.6 is 0 Å². The molecule has 0 radical (unpaired) electrons. The topological polar surface area (TPSA) is 69.7 Å². The summed E-state index contributed by atoms with van der Waals surface area (Å²) in [6, 6.07) is 10.9. The summed E-state index contributed by atoms with van der Waals surface area (Å²) in [7, 11) is 0. The van der Waals surface area contributed by atoms with Crippen LogP contribution in [0.15, 0.2) is 48.5 Å². The van der Waals surface area contributed by atoms with E-state index in [-0.39, 0.29) is 43.9 Å². The molecule has 3 amide bonds. The predicted octanol–water partition coefficient (Wildman–Crippen LogP) is 3.75. The van der Waals surface area contributed by atoms with Crippen molar-refractivity contribution in [2.24, 2.45) is 5.92 Å². The van der Waals surface area contributed by atoms with E-state index in [1.54, 1.807) is 17.0 Å². The lowest BCUT2D eigenvalue weighted by atomic mass is 10.0. The van der Waals surface area contributed by atoms with E-state index in [2.05, 4.69) is 5.32 Å². The Labute approximate surface area is 196 Å². The number of alkyl halides is 3. The highest BCUT2D eigenvalue weighted by Gasteiger charge is 2.37. The van der Waals surface area contributed by atoms with E-state index in [0.717, 1.165) is 17.7 Å². The van der Waals surface area contributed by atoms with Gasteiger partial charge < -0.3 is 15.1 Å². The number of carbonyl (C=O) groups excluding carboxylic acids is 3. The highest BCUT2D eigenvalue weighted by molar-refractivity contribution is 5.98. The van der Waals surface area contributed by atoms with E-state index in [1.807, 2.05) is 32.9 Å². The van der Waals surface area contributed by atoms with Gasteiger partial charge in [-0.2, -0.15) is 13.2 Å². The number of nitrogens with one attached hydrogen (secondary N) is 1. The second kappa shape index (κ2) is 10.3. The van der Waals surface area contributed by atoms with Crippen LogP contribution < -0.4 is 5.32 Å². The number of benzene rings is 2. The molecule has 6 nitrogen and oxygen atoms in total. The van der Waals surface area contributed by atoms with Crippen molar-refractivity contribution in [1.29, 1.82) is 0 Å². The molecule has 1 aliphatic rings. The summed E-state index contributed by atoms with van der Waals surface area (Å²) in [4.78, 5) is 41.4. The molecular formula is C25H28F3N3O3. The number of halogens is 3. The van der Waals surface area contributed by atoms with Crippen LogP contribution in [0.2, 0.25) is 0 Å². The summed E-state index contributed by atoms with van der Waals surface area (Å²) < 4.78 is 39.9. The first-order chi connectivity index (χ1) is 16.0. The minimum Gasteiger partial charge on any atom is -0.340 e. The molecule has 9 heteroatoms. The maximum absolute atomic E-state index is 13.3. The van der Waals surface area contributed by atoms with Crippen LogP contribution in [0.4, 0.5) is 13.2 Å². The van der Waals surface area contributed by atoms with Gasteiger partial charge in [-0.1, -0.05) is 43.7 Å². The summed E-state index contributed by atoms with van der Waals surface area (Å²) in [5.41, 5.74) is 0.0819. The molecule has 1 saturated heterocycles. The number of rotatable bonds is 5. The fourth-order valence-corrected chi connectivity index (χ4v) is 3.86. The number of hydrogen-bond acceptors (Lipinski definition) is 3. The average molecular weight is 476 g/mol. The van der Waals surface area contributed by atoms with Crippen molar-refractivity contribution < 1.29 is 27.6 Å². The average Bonchev–Trinajstić information content (AvgIpc) is 2.81. The van der Waals surface area contributed by atoms with Crippen LogP contribution in [0.3, 0.4) is 0 Å². The number of hydrogen-bond donors (Lipinski definition) is 1. The molecule has 1 atom stereocenters. The van der Waals surface area contributed by atoms with Crippen LogP contribution in [0.25, 0.3) is 0 Å². The maximum atomic E-state index is 13.3. The molecular weight excluding hydrogens is 447 g/mol. The van der Waals surface area contributed by atoms with Gasteiger partial charge in [0.1, 0.15) is 6.04 Å².